The second kappa shape index (κ2) is 8.11. The van der Waals surface area contributed by atoms with Crippen molar-refractivity contribution in [3.8, 4) is 27.8 Å². The normalized spacial score (nSPS) is 10.7. The van der Waals surface area contributed by atoms with Crippen LogP contribution >= 0.6 is 11.3 Å². The average molecular weight is 407 g/mol. The van der Waals surface area contributed by atoms with E-state index in [9.17, 15) is 9.59 Å². The predicted molar refractivity (Wildman–Crippen MR) is 111 cm³/mol. The van der Waals surface area contributed by atoms with E-state index in [1.54, 1.807) is 13.0 Å². The minimum Gasteiger partial charge on any atom is -0.450 e. The number of aromatic nitrogens is 4. The Bertz CT molecular complexity index is 1180. The highest BCUT2D eigenvalue weighted by Gasteiger charge is 2.17. The Hall–Kier alpha value is -3.72. The number of ether oxygens (including phenoxy) is 1. The van der Waals surface area contributed by atoms with Gasteiger partial charge in [-0.1, -0.05) is 36.4 Å². The van der Waals surface area contributed by atoms with E-state index in [0.717, 1.165) is 10.4 Å². The van der Waals surface area contributed by atoms with Crippen molar-refractivity contribution in [2.75, 3.05) is 11.9 Å². The summed E-state index contributed by atoms with van der Waals surface area (Å²) < 4.78 is 6.36. The highest BCUT2D eigenvalue weighted by atomic mass is 32.1. The maximum Gasteiger partial charge on any atom is 0.412 e. The van der Waals surface area contributed by atoms with Gasteiger partial charge in [-0.05, 0) is 18.4 Å². The van der Waals surface area contributed by atoms with Crippen LogP contribution in [0.5, 0.6) is 0 Å². The number of anilines is 1. The van der Waals surface area contributed by atoms with Crippen LogP contribution in [0.4, 0.5) is 10.6 Å². The molecule has 9 heteroatoms. The van der Waals surface area contributed by atoms with Crippen LogP contribution in [0.25, 0.3) is 27.8 Å². The lowest BCUT2D eigenvalue weighted by atomic mass is 10.1. The van der Waals surface area contributed by atoms with Crippen molar-refractivity contribution in [1.82, 2.24) is 19.7 Å². The molecule has 4 aromatic rings. The fourth-order valence-electron chi connectivity index (χ4n) is 2.75. The first-order valence-electron chi connectivity index (χ1n) is 8.89. The number of amides is 1. The number of H-pyrrole nitrogens is 1. The fourth-order valence-corrected chi connectivity index (χ4v) is 3.43. The van der Waals surface area contributed by atoms with Crippen LogP contribution in [-0.2, 0) is 4.74 Å². The average Bonchev–Trinajstić information content (AvgIpc) is 3.38. The first-order valence-corrected chi connectivity index (χ1v) is 9.77. The predicted octanol–water partition coefficient (Wildman–Crippen LogP) is 3.92. The van der Waals surface area contributed by atoms with Crippen molar-refractivity contribution in [3.05, 3.63) is 70.3 Å². The number of benzene rings is 1. The van der Waals surface area contributed by atoms with Gasteiger partial charge in [-0.3, -0.25) is 15.1 Å². The van der Waals surface area contributed by atoms with Crippen LogP contribution in [0.15, 0.2) is 64.8 Å². The molecule has 1 amide bonds. The minimum atomic E-state index is -0.618. The Labute approximate surface area is 169 Å². The Balaban J connectivity index is 1.82. The molecule has 0 radical (unpaired) electrons. The quantitative estimate of drug-likeness (QED) is 0.522. The van der Waals surface area contributed by atoms with Crippen LogP contribution in [0.2, 0.25) is 0 Å². The zero-order valence-electron chi connectivity index (χ0n) is 15.5. The molecule has 29 heavy (non-hydrogen) atoms. The molecular formula is C20H17N5O3S. The van der Waals surface area contributed by atoms with E-state index >= 15 is 0 Å². The molecule has 0 atom stereocenters. The molecule has 8 nitrogen and oxygen atoms in total. The Morgan fingerprint density at radius 2 is 2.00 bits per heavy atom. The third-order valence-corrected chi connectivity index (χ3v) is 4.88. The summed E-state index contributed by atoms with van der Waals surface area (Å²) in [6.45, 7) is 1.95. The number of aromatic amines is 1. The summed E-state index contributed by atoms with van der Waals surface area (Å²) >= 11 is 1.51. The van der Waals surface area contributed by atoms with E-state index < -0.39 is 6.09 Å². The van der Waals surface area contributed by atoms with Crippen molar-refractivity contribution in [2.24, 2.45) is 0 Å². The van der Waals surface area contributed by atoms with Gasteiger partial charge in [0.05, 0.1) is 17.2 Å². The molecule has 0 saturated carbocycles. The number of nitrogens with one attached hydrogen (secondary N) is 2. The second-order valence-corrected chi connectivity index (χ2v) is 6.92. The van der Waals surface area contributed by atoms with Gasteiger partial charge in [0.2, 0.25) is 5.95 Å². The molecule has 0 bridgehead atoms. The number of nitrogens with zero attached hydrogens (tertiary/aromatic N) is 3. The van der Waals surface area contributed by atoms with Gasteiger partial charge in [0.25, 0.3) is 5.56 Å². The molecule has 3 aromatic heterocycles. The third kappa shape index (κ3) is 4.09. The molecule has 0 aliphatic heterocycles. The molecule has 0 saturated heterocycles. The standard InChI is InChI=1S/C20H17N5O3S/c1-2-28-20(27)22-17-11-15(16-9-6-10-29-16)24-25(17)19-21-14(12-18(26)23-19)13-7-4-3-5-8-13/h3-12H,2H2,1H3,(H,22,27)(H,21,23,26). The SMILES string of the molecule is CCOC(=O)Nc1cc(-c2cccs2)nn1-c1nc(-c2ccccc2)cc(=O)[nH]1. The van der Waals surface area contributed by atoms with E-state index in [1.807, 2.05) is 47.8 Å². The molecular weight excluding hydrogens is 390 g/mol. The van der Waals surface area contributed by atoms with Gasteiger partial charge in [-0.25, -0.2) is 9.78 Å². The van der Waals surface area contributed by atoms with Crippen LogP contribution < -0.4 is 10.9 Å². The monoisotopic (exact) mass is 407 g/mol. The lowest BCUT2D eigenvalue weighted by molar-refractivity contribution is 0.167. The van der Waals surface area contributed by atoms with Crippen LogP contribution in [0.3, 0.4) is 0 Å². The van der Waals surface area contributed by atoms with Gasteiger partial charge in [-0.2, -0.15) is 9.78 Å². The van der Waals surface area contributed by atoms with Gasteiger partial charge in [0, 0.05) is 17.7 Å². The van der Waals surface area contributed by atoms with E-state index in [-0.39, 0.29) is 18.1 Å². The first-order chi connectivity index (χ1) is 14.1. The summed E-state index contributed by atoms with van der Waals surface area (Å²) in [5, 5.41) is 9.12. The topological polar surface area (TPSA) is 102 Å². The van der Waals surface area contributed by atoms with E-state index in [4.69, 9.17) is 4.74 Å². The molecule has 0 aliphatic carbocycles. The minimum absolute atomic E-state index is 0.186. The summed E-state index contributed by atoms with van der Waals surface area (Å²) in [6, 6.07) is 16.3. The zero-order valence-corrected chi connectivity index (χ0v) is 16.3. The Morgan fingerprint density at radius 1 is 1.17 bits per heavy atom. The van der Waals surface area contributed by atoms with Gasteiger partial charge < -0.3 is 4.74 Å². The smallest absolute Gasteiger partial charge is 0.412 e. The highest BCUT2D eigenvalue weighted by molar-refractivity contribution is 7.13. The molecule has 2 N–H and O–H groups in total. The summed E-state index contributed by atoms with van der Waals surface area (Å²) in [4.78, 5) is 32.4. The summed E-state index contributed by atoms with van der Waals surface area (Å²) in [5.41, 5.74) is 1.61. The number of hydrogen-bond acceptors (Lipinski definition) is 6. The molecule has 0 fully saturated rings. The van der Waals surface area contributed by atoms with E-state index in [1.165, 1.54) is 22.1 Å². The highest BCUT2D eigenvalue weighted by Crippen LogP contribution is 2.27. The summed E-state index contributed by atoms with van der Waals surface area (Å²) in [5.74, 6) is 0.520. The van der Waals surface area contributed by atoms with Crippen LogP contribution in [0.1, 0.15) is 6.92 Å². The van der Waals surface area contributed by atoms with Crippen molar-refractivity contribution in [3.63, 3.8) is 0 Å². The maximum absolute atomic E-state index is 12.3. The number of carbonyl (C=O) groups is 1. The van der Waals surface area contributed by atoms with Crippen molar-refractivity contribution < 1.29 is 9.53 Å². The lowest BCUT2D eigenvalue weighted by Gasteiger charge is -2.09. The molecule has 0 aliphatic rings. The molecule has 3 heterocycles. The van der Waals surface area contributed by atoms with E-state index in [0.29, 0.717) is 17.2 Å². The molecule has 1 aromatic carbocycles. The molecule has 0 unspecified atom stereocenters. The Morgan fingerprint density at radius 3 is 2.72 bits per heavy atom. The van der Waals surface area contributed by atoms with E-state index in [2.05, 4.69) is 20.4 Å². The molecule has 4 rings (SSSR count). The van der Waals surface area contributed by atoms with Crippen LogP contribution in [-0.4, -0.2) is 32.4 Å². The van der Waals surface area contributed by atoms with Crippen molar-refractivity contribution in [1.29, 1.82) is 0 Å². The molecule has 146 valence electrons. The Kier molecular flexibility index (Phi) is 5.21. The number of thiophene rings is 1. The summed E-state index contributed by atoms with van der Waals surface area (Å²) in [7, 11) is 0. The second-order valence-electron chi connectivity index (χ2n) is 5.97. The van der Waals surface area contributed by atoms with Crippen LogP contribution in [0, 0.1) is 0 Å². The van der Waals surface area contributed by atoms with Gasteiger partial charge >= 0.3 is 6.09 Å². The lowest BCUT2D eigenvalue weighted by Crippen LogP contribution is -2.19. The van der Waals surface area contributed by atoms with Gasteiger partial charge in [0.15, 0.2) is 0 Å². The van der Waals surface area contributed by atoms with Gasteiger partial charge in [-0.15, -0.1) is 11.3 Å². The number of rotatable bonds is 5. The van der Waals surface area contributed by atoms with Crippen molar-refractivity contribution in [2.45, 2.75) is 6.92 Å². The fraction of sp³-hybridized carbons (Fsp3) is 0.100. The largest absolute Gasteiger partial charge is 0.450 e. The first kappa shape index (κ1) is 18.6. The zero-order chi connectivity index (χ0) is 20.2. The summed E-state index contributed by atoms with van der Waals surface area (Å²) in [6.07, 6.45) is -0.618. The number of hydrogen-bond donors (Lipinski definition) is 2. The third-order valence-electron chi connectivity index (χ3n) is 3.99. The maximum atomic E-state index is 12.3. The van der Waals surface area contributed by atoms with Gasteiger partial charge in [0.1, 0.15) is 11.5 Å². The number of carbonyl (C=O) groups excluding carboxylic acids is 1. The van der Waals surface area contributed by atoms with Crippen molar-refractivity contribution >= 4 is 23.2 Å². The molecule has 0 spiro atoms.